The number of allylic oxidation sites excluding steroid dienone is 4. The SMILES string of the molecule is CCC1=C(CC)c2nc1cc1ccc(cc3c(CC)c(CC)c(c(-c4ccccc4)c4nc(c2CC)C(CC)=C4CC)n3CC)[nH]1. The third kappa shape index (κ3) is 5.07. The van der Waals surface area contributed by atoms with Crippen LogP contribution in [-0.2, 0) is 25.8 Å². The predicted octanol–water partition coefficient (Wildman–Crippen LogP) is 11.6. The standard InChI is InChI=1S/C42H50N4/c1-9-29-31(11-3)39-35(15-7)40-32(12-4)33(13-5)41(45-40)38(26-20-18-17-19-21-26)42-34(14-6)30(10-2)37(46(42)16-8)25-28-23-22-27(43-28)24-36(29)44-39/h17-25,43H,9-16H2,1-8H3. The Hall–Kier alpha value is -4.18. The molecule has 8 bridgehead atoms. The lowest BCUT2D eigenvalue weighted by Gasteiger charge is -2.13. The molecule has 0 spiro atoms. The van der Waals surface area contributed by atoms with Gasteiger partial charge in [-0.05, 0) is 115 Å². The van der Waals surface area contributed by atoms with Crippen molar-refractivity contribution in [1.29, 1.82) is 0 Å². The summed E-state index contributed by atoms with van der Waals surface area (Å²) in [5.41, 5.74) is 21.5. The normalized spacial score (nSPS) is 13.3. The Labute approximate surface area is 275 Å². The summed E-state index contributed by atoms with van der Waals surface area (Å²) in [5, 5.41) is 0. The average molecular weight is 611 g/mol. The van der Waals surface area contributed by atoms with Gasteiger partial charge in [-0.1, -0.05) is 78.8 Å². The molecule has 5 heterocycles. The summed E-state index contributed by atoms with van der Waals surface area (Å²) in [5.74, 6) is 0. The van der Waals surface area contributed by atoms with Crippen molar-refractivity contribution in [3.63, 3.8) is 0 Å². The third-order valence-electron chi connectivity index (χ3n) is 10.1. The van der Waals surface area contributed by atoms with E-state index in [-0.39, 0.29) is 0 Å². The topological polar surface area (TPSA) is 46.5 Å². The van der Waals surface area contributed by atoms with Gasteiger partial charge < -0.3 is 9.55 Å². The molecule has 0 radical (unpaired) electrons. The number of fused-ring (bicyclic) bond motifs is 8. The highest BCUT2D eigenvalue weighted by molar-refractivity contribution is 6.03. The molecule has 4 nitrogen and oxygen atoms in total. The zero-order valence-corrected chi connectivity index (χ0v) is 29.2. The van der Waals surface area contributed by atoms with Gasteiger partial charge in [-0.25, -0.2) is 9.97 Å². The highest BCUT2D eigenvalue weighted by Crippen LogP contribution is 2.45. The summed E-state index contributed by atoms with van der Waals surface area (Å²) in [6, 6.07) is 20.1. The van der Waals surface area contributed by atoms with Crippen LogP contribution < -0.4 is 0 Å². The van der Waals surface area contributed by atoms with Gasteiger partial charge in [-0.3, -0.25) is 0 Å². The number of hydrogen-bond donors (Lipinski definition) is 1. The van der Waals surface area contributed by atoms with E-state index in [2.05, 4.69) is 120 Å². The van der Waals surface area contributed by atoms with Crippen LogP contribution in [0.15, 0.2) is 54.6 Å². The molecular formula is C42H50N4. The molecular weight excluding hydrogens is 560 g/mol. The lowest BCUT2D eigenvalue weighted by molar-refractivity contribution is 0.822. The molecule has 3 aromatic heterocycles. The van der Waals surface area contributed by atoms with Gasteiger partial charge in [0.05, 0.1) is 28.3 Å². The number of aromatic nitrogens is 4. The van der Waals surface area contributed by atoms with Crippen LogP contribution in [-0.4, -0.2) is 19.5 Å². The highest BCUT2D eigenvalue weighted by Gasteiger charge is 2.29. The van der Waals surface area contributed by atoms with Crippen molar-refractivity contribution in [3.05, 3.63) is 94.1 Å². The molecule has 0 atom stereocenters. The number of aromatic amines is 1. The van der Waals surface area contributed by atoms with Crippen molar-refractivity contribution in [1.82, 2.24) is 19.5 Å². The molecule has 1 N–H and O–H groups in total. The van der Waals surface area contributed by atoms with E-state index in [0.717, 1.165) is 85.3 Å². The van der Waals surface area contributed by atoms with Crippen molar-refractivity contribution in [2.75, 3.05) is 0 Å². The van der Waals surface area contributed by atoms with E-state index in [9.17, 15) is 0 Å². The fourth-order valence-electron chi connectivity index (χ4n) is 8.08. The predicted molar refractivity (Wildman–Crippen MR) is 199 cm³/mol. The van der Waals surface area contributed by atoms with Crippen LogP contribution >= 0.6 is 0 Å². The molecule has 238 valence electrons. The smallest absolute Gasteiger partial charge is 0.0772 e. The first-order valence-electron chi connectivity index (χ1n) is 17.8. The lowest BCUT2D eigenvalue weighted by atomic mass is 9.91. The molecule has 4 aromatic rings. The Balaban J connectivity index is 1.98. The van der Waals surface area contributed by atoms with E-state index < -0.39 is 0 Å². The summed E-state index contributed by atoms with van der Waals surface area (Å²) in [4.78, 5) is 14.9. The number of rotatable bonds is 9. The van der Waals surface area contributed by atoms with Crippen LogP contribution in [0.1, 0.15) is 121 Å². The molecule has 2 aliphatic rings. The van der Waals surface area contributed by atoms with Crippen LogP contribution in [0, 0.1) is 0 Å². The summed E-state index contributed by atoms with van der Waals surface area (Å²) >= 11 is 0. The Morgan fingerprint density at radius 3 is 1.70 bits per heavy atom. The third-order valence-corrected chi connectivity index (χ3v) is 10.1. The minimum absolute atomic E-state index is 0.880. The van der Waals surface area contributed by atoms with Crippen molar-refractivity contribution in [3.8, 4) is 11.1 Å². The zero-order chi connectivity index (χ0) is 32.5. The zero-order valence-electron chi connectivity index (χ0n) is 29.2. The van der Waals surface area contributed by atoms with Gasteiger partial charge in [0, 0.05) is 34.2 Å². The summed E-state index contributed by atoms with van der Waals surface area (Å²) in [7, 11) is 0. The number of aryl methyl sites for hydroxylation is 3. The highest BCUT2D eigenvalue weighted by atomic mass is 15.0. The Morgan fingerprint density at radius 1 is 0.543 bits per heavy atom. The van der Waals surface area contributed by atoms with E-state index >= 15 is 0 Å². The largest absolute Gasteiger partial charge is 0.355 e. The number of hydrogen-bond acceptors (Lipinski definition) is 2. The monoisotopic (exact) mass is 610 g/mol. The van der Waals surface area contributed by atoms with Gasteiger partial charge in [0.1, 0.15) is 0 Å². The maximum absolute atomic E-state index is 5.75. The van der Waals surface area contributed by atoms with E-state index in [4.69, 9.17) is 9.97 Å². The molecule has 0 saturated heterocycles. The molecule has 0 unspecified atom stereocenters. The van der Waals surface area contributed by atoms with E-state index in [1.807, 2.05) is 0 Å². The Kier molecular flexibility index (Phi) is 9.18. The average Bonchev–Trinajstić information content (AvgIpc) is 3.84. The molecule has 1 aromatic carbocycles. The number of nitrogens with one attached hydrogen (secondary N) is 1. The van der Waals surface area contributed by atoms with Crippen LogP contribution in [0.3, 0.4) is 0 Å². The van der Waals surface area contributed by atoms with Gasteiger partial charge >= 0.3 is 0 Å². The number of nitrogens with zero attached hydrogens (tertiary/aromatic N) is 3. The molecule has 6 rings (SSSR count). The molecule has 46 heavy (non-hydrogen) atoms. The van der Waals surface area contributed by atoms with E-state index in [0.29, 0.717) is 0 Å². The first-order valence-corrected chi connectivity index (χ1v) is 17.8. The second kappa shape index (κ2) is 13.3. The summed E-state index contributed by atoms with van der Waals surface area (Å²) in [6.07, 6.45) is 6.62. The quantitative estimate of drug-likeness (QED) is 0.205. The fraction of sp³-hybridized carbons (Fsp3) is 0.381. The number of H-pyrrole nitrogens is 1. The molecule has 0 fully saturated rings. The minimum atomic E-state index is 0.880. The van der Waals surface area contributed by atoms with Gasteiger partial charge in [0.15, 0.2) is 0 Å². The van der Waals surface area contributed by atoms with Gasteiger partial charge in [-0.2, -0.15) is 0 Å². The Bertz CT molecular complexity index is 2010. The van der Waals surface area contributed by atoms with E-state index in [1.165, 1.54) is 61.1 Å². The molecule has 0 amide bonds. The second-order valence-electron chi connectivity index (χ2n) is 12.4. The summed E-state index contributed by atoms with van der Waals surface area (Å²) < 4.78 is 2.56. The van der Waals surface area contributed by atoms with Crippen LogP contribution in [0.25, 0.3) is 55.5 Å². The van der Waals surface area contributed by atoms with Crippen molar-refractivity contribution in [2.24, 2.45) is 0 Å². The number of benzene rings is 1. The van der Waals surface area contributed by atoms with Crippen LogP contribution in [0.2, 0.25) is 0 Å². The first-order chi connectivity index (χ1) is 22.5. The minimum Gasteiger partial charge on any atom is -0.355 e. The molecule has 0 aliphatic carbocycles. The maximum atomic E-state index is 5.75. The van der Waals surface area contributed by atoms with Gasteiger partial charge in [0.2, 0.25) is 0 Å². The van der Waals surface area contributed by atoms with Crippen LogP contribution in [0.4, 0.5) is 0 Å². The Morgan fingerprint density at radius 2 is 1.11 bits per heavy atom. The fourth-order valence-corrected chi connectivity index (χ4v) is 8.08. The van der Waals surface area contributed by atoms with Crippen molar-refractivity contribution >= 4 is 44.4 Å². The van der Waals surface area contributed by atoms with Crippen molar-refractivity contribution < 1.29 is 0 Å². The van der Waals surface area contributed by atoms with Crippen LogP contribution in [0.5, 0.6) is 0 Å². The second-order valence-corrected chi connectivity index (χ2v) is 12.4. The van der Waals surface area contributed by atoms with Gasteiger partial charge in [0.25, 0.3) is 0 Å². The molecule has 0 saturated carbocycles. The maximum Gasteiger partial charge on any atom is 0.0772 e. The van der Waals surface area contributed by atoms with Gasteiger partial charge in [-0.15, -0.1) is 0 Å². The summed E-state index contributed by atoms with van der Waals surface area (Å²) in [6.45, 7) is 19.2. The first kappa shape index (κ1) is 31.8. The van der Waals surface area contributed by atoms with E-state index in [1.54, 1.807) is 0 Å². The molecule has 2 aliphatic heterocycles. The molecule has 4 heteroatoms. The lowest BCUT2D eigenvalue weighted by Crippen LogP contribution is -1.99. The van der Waals surface area contributed by atoms with Crippen molar-refractivity contribution in [2.45, 2.75) is 107 Å².